The van der Waals surface area contributed by atoms with E-state index in [0.717, 1.165) is 0 Å². The second-order valence-electron chi connectivity index (χ2n) is 5.98. The molecule has 0 atom stereocenters. The third-order valence-electron chi connectivity index (χ3n) is 3.22. The fourth-order valence-corrected chi connectivity index (χ4v) is 2.13. The lowest BCUT2D eigenvalue weighted by molar-refractivity contribution is 0.233. The molecule has 1 saturated carbocycles. The summed E-state index contributed by atoms with van der Waals surface area (Å²) in [5, 5.41) is 0. The van der Waals surface area contributed by atoms with Gasteiger partial charge in [0, 0.05) is 5.54 Å². The maximum Gasteiger partial charge on any atom is 0.0154 e. The molecule has 1 nitrogen and oxygen atoms in total. The molecule has 0 aromatic carbocycles. The minimum Gasteiger partial charge on any atom is -0.325 e. The molecule has 1 rings (SSSR count). The van der Waals surface area contributed by atoms with Gasteiger partial charge in [-0.2, -0.15) is 0 Å². The molecule has 2 N–H and O–H groups in total. The quantitative estimate of drug-likeness (QED) is 0.697. The van der Waals surface area contributed by atoms with Crippen molar-refractivity contribution in [2.24, 2.45) is 11.1 Å². The van der Waals surface area contributed by atoms with Gasteiger partial charge in [0.2, 0.25) is 0 Å². The third kappa shape index (κ3) is 4.12. The Morgan fingerprint density at radius 3 is 2.08 bits per heavy atom. The van der Waals surface area contributed by atoms with Crippen molar-refractivity contribution in [3.05, 3.63) is 0 Å². The Labute approximate surface area is 83.1 Å². The number of hydrogen-bond acceptors (Lipinski definition) is 1. The van der Waals surface area contributed by atoms with Crippen molar-refractivity contribution in [1.29, 1.82) is 0 Å². The Morgan fingerprint density at radius 2 is 1.62 bits per heavy atom. The van der Waals surface area contributed by atoms with E-state index in [1.54, 1.807) is 0 Å². The van der Waals surface area contributed by atoms with Crippen LogP contribution in [0.15, 0.2) is 0 Å². The molecular formula is C12H25N. The smallest absolute Gasteiger partial charge is 0.0154 e. The highest BCUT2D eigenvalue weighted by atomic mass is 14.7. The van der Waals surface area contributed by atoms with Crippen LogP contribution in [0.4, 0.5) is 0 Å². The Morgan fingerprint density at radius 1 is 1.08 bits per heavy atom. The van der Waals surface area contributed by atoms with E-state index >= 15 is 0 Å². The molecule has 0 bridgehead atoms. The Bertz CT molecular complexity index is 149. The standard InChI is InChI=1S/C12H25N/c1-11(2,3)9-10-12(13)7-5-4-6-8-12/h4-10,13H2,1-3H3. The molecule has 0 heterocycles. The summed E-state index contributed by atoms with van der Waals surface area (Å²) in [7, 11) is 0. The van der Waals surface area contributed by atoms with E-state index in [-0.39, 0.29) is 5.54 Å². The van der Waals surface area contributed by atoms with E-state index in [9.17, 15) is 0 Å². The summed E-state index contributed by atoms with van der Waals surface area (Å²) in [5.74, 6) is 0. The molecule has 0 spiro atoms. The van der Waals surface area contributed by atoms with Gasteiger partial charge in [-0.25, -0.2) is 0 Å². The molecule has 0 aromatic rings. The monoisotopic (exact) mass is 183 g/mol. The molecule has 78 valence electrons. The van der Waals surface area contributed by atoms with Crippen molar-refractivity contribution < 1.29 is 0 Å². The molecule has 0 radical (unpaired) electrons. The van der Waals surface area contributed by atoms with E-state index in [1.807, 2.05) is 0 Å². The first kappa shape index (κ1) is 11.0. The highest BCUT2D eigenvalue weighted by molar-refractivity contribution is 4.88. The van der Waals surface area contributed by atoms with Crippen LogP contribution in [0, 0.1) is 5.41 Å². The van der Waals surface area contributed by atoms with Crippen LogP contribution in [-0.4, -0.2) is 5.54 Å². The van der Waals surface area contributed by atoms with Gasteiger partial charge < -0.3 is 5.73 Å². The maximum absolute atomic E-state index is 6.37. The second-order valence-corrected chi connectivity index (χ2v) is 5.98. The van der Waals surface area contributed by atoms with Crippen LogP contribution in [0.25, 0.3) is 0 Å². The highest BCUT2D eigenvalue weighted by Crippen LogP contribution is 2.33. The molecule has 1 aliphatic carbocycles. The van der Waals surface area contributed by atoms with Crippen molar-refractivity contribution in [2.75, 3.05) is 0 Å². The summed E-state index contributed by atoms with van der Waals surface area (Å²) in [6, 6.07) is 0. The predicted molar refractivity (Wildman–Crippen MR) is 58.7 cm³/mol. The maximum atomic E-state index is 6.37. The van der Waals surface area contributed by atoms with Gasteiger partial charge in [0.25, 0.3) is 0 Å². The van der Waals surface area contributed by atoms with Gasteiger partial charge in [-0.15, -0.1) is 0 Å². The van der Waals surface area contributed by atoms with E-state index in [0.29, 0.717) is 5.41 Å². The van der Waals surface area contributed by atoms with Crippen LogP contribution >= 0.6 is 0 Å². The fraction of sp³-hybridized carbons (Fsp3) is 1.00. The van der Waals surface area contributed by atoms with Crippen molar-refractivity contribution in [2.45, 2.75) is 71.3 Å². The normalized spacial score (nSPS) is 23.1. The SMILES string of the molecule is CC(C)(C)CCC1(N)CCCCC1. The first-order valence-corrected chi connectivity index (χ1v) is 5.70. The van der Waals surface area contributed by atoms with Crippen molar-refractivity contribution >= 4 is 0 Å². The topological polar surface area (TPSA) is 26.0 Å². The molecule has 0 aliphatic heterocycles. The second kappa shape index (κ2) is 4.00. The highest BCUT2D eigenvalue weighted by Gasteiger charge is 2.28. The van der Waals surface area contributed by atoms with Gasteiger partial charge in [-0.05, 0) is 31.1 Å². The Hall–Kier alpha value is -0.0400. The molecule has 1 fully saturated rings. The van der Waals surface area contributed by atoms with Gasteiger partial charge in [0.05, 0.1) is 0 Å². The first-order valence-electron chi connectivity index (χ1n) is 5.70. The van der Waals surface area contributed by atoms with Gasteiger partial charge in [0.15, 0.2) is 0 Å². The van der Waals surface area contributed by atoms with Crippen molar-refractivity contribution in [1.82, 2.24) is 0 Å². The zero-order valence-electron chi connectivity index (χ0n) is 9.53. The predicted octanol–water partition coefficient (Wildman–Crippen LogP) is 3.47. The van der Waals surface area contributed by atoms with E-state index in [4.69, 9.17) is 5.73 Å². The van der Waals surface area contributed by atoms with Crippen LogP contribution < -0.4 is 5.73 Å². The Balaban J connectivity index is 2.33. The summed E-state index contributed by atoms with van der Waals surface area (Å²) < 4.78 is 0. The van der Waals surface area contributed by atoms with Crippen LogP contribution in [0.2, 0.25) is 0 Å². The van der Waals surface area contributed by atoms with E-state index < -0.39 is 0 Å². The molecule has 0 aromatic heterocycles. The number of hydrogen-bond donors (Lipinski definition) is 1. The number of nitrogens with two attached hydrogens (primary N) is 1. The molecule has 1 heteroatoms. The van der Waals surface area contributed by atoms with Gasteiger partial charge in [-0.1, -0.05) is 40.0 Å². The summed E-state index contributed by atoms with van der Waals surface area (Å²) in [4.78, 5) is 0. The van der Waals surface area contributed by atoms with Crippen molar-refractivity contribution in [3.8, 4) is 0 Å². The zero-order chi connectivity index (χ0) is 9.95. The summed E-state index contributed by atoms with van der Waals surface area (Å²) in [6.07, 6.45) is 9.09. The molecule has 0 amide bonds. The Kier molecular flexibility index (Phi) is 3.39. The van der Waals surface area contributed by atoms with Crippen LogP contribution in [0.5, 0.6) is 0 Å². The molecular weight excluding hydrogens is 158 g/mol. The summed E-state index contributed by atoms with van der Waals surface area (Å²) in [6.45, 7) is 6.91. The van der Waals surface area contributed by atoms with Crippen molar-refractivity contribution in [3.63, 3.8) is 0 Å². The average Bonchev–Trinajstić information content (AvgIpc) is 2.02. The average molecular weight is 183 g/mol. The largest absolute Gasteiger partial charge is 0.325 e. The van der Waals surface area contributed by atoms with Gasteiger partial charge in [-0.3, -0.25) is 0 Å². The molecule has 0 unspecified atom stereocenters. The number of rotatable bonds is 2. The molecule has 1 aliphatic rings. The third-order valence-corrected chi connectivity index (χ3v) is 3.22. The minimum absolute atomic E-state index is 0.186. The minimum atomic E-state index is 0.186. The summed E-state index contributed by atoms with van der Waals surface area (Å²) in [5.41, 5.74) is 7.00. The van der Waals surface area contributed by atoms with E-state index in [1.165, 1.54) is 44.9 Å². The fourth-order valence-electron chi connectivity index (χ4n) is 2.13. The summed E-state index contributed by atoms with van der Waals surface area (Å²) >= 11 is 0. The molecule has 0 saturated heterocycles. The first-order chi connectivity index (χ1) is 5.91. The lowest BCUT2D eigenvalue weighted by Gasteiger charge is -2.35. The molecule has 13 heavy (non-hydrogen) atoms. The van der Waals surface area contributed by atoms with Crippen LogP contribution in [0.3, 0.4) is 0 Å². The van der Waals surface area contributed by atoms with Crippen LogP contribution in [0.1, 0.15) is 65.7 Å². The lowest BCUT2D eigenvalue weighted by Crippen LogP contribution is -2.42. The zero-order valence-corrected chi connectivity index (χ0v) is 9.53. The van der Waals surface area contributed by atoms with Crippen LogP contribution in [-0.2, 0) is 0 Å². The van der Waals surface area contributed by atoms with E-state index in [2.05, 4.69) is 20.8 Å². The van der Waals surface area contributed by atoms with Gasteiger partial charge >= 0.3 is 0 Å². The lowest BCUT2D eigenvalue weighted by atomic mass is 9.76. The van der Waals surface area contributed by atoms with Gasteiger partial charge in [0.1, 0.15) is 0 Å².